The van der Waals surface area contributed by atoms with Crippen LogP contribution in [0.15, 0.2) is 66.9 Å². The maximum atomic E-state index is 13.3. The van der Waals surface area contributed by atoms with Crippen LogP contribution in [0.2, 0.25) is 0 Å². The van der Waals surface area contributed by atoms with E-state index >= 15 is 0 Å². The Morgan fingerprint density at radius 2 is 1.45 bits per heavy atom. The molecule has 3 aromatic rings. The van der Waals surface area contributed by atoms with Crippen LogP contribution in [0, 0.1) is 0 Å². The Bertz CT molecular complexity index is 1050. The number of halogens is 6. The van der Waals surface area contributed by atoms with E-state index in [2.05, 4.69) is 0 Å². The fraction of sp³-hybridized carbons (Fsp3) is 0.304. The number of hydrogen-bond donors (Lipinski definition) is 0. The Hall–Kier alpha value is -2.74. The lowest BCUT2D eigenvalue weighted by Crippen LogP contribution is -2.30. The Balaban J connectivity index is 1.75. The van der Waals surface area contributed by atoms with Crippen molar-refractivity contribution >= 4 is 0 Å². The molecule has 1 aliphatic heterocycles. The van der Waals surface area contributed by atoms with Gasteiger partial charge in [-0.2, -0.15) is 26.3 Å². The van der Waals surface area contributed by atoms with E-state index in [0.717, 1.165) is 36.4 Å². The highest BCUT2D eigenvalue weighted by atomic mass is 19.4. The van der Waals surface area contributed by atoms with Gasteiger partial charge in [0.05, 0.1) is 17.2 Å². The third kappa shape index (κ3) is 4.63. The molecule has 0 bridgehead atoms. The number of aromatic nitrogens is 1. The van der Waals surface area contributed by atoms with Crippen LogP contribution in [0.4, 0.5) is 26.3 Å². The number of nitrogens with zero attached hydrogens (tertiary/aromatic N) is 2. The highest BCUT2D eigenvalue weighted by Crippen LogP contribution is 2.37. The standard InChI is InChI=1S/C23H20F6N2/c24-22(25,26)18-7-1-5-16(13-18)15-31-12-4-11-30-10-3-9-20(30)21(31)17-6-2-8-19(14-17)23(27,28)29/h1-3,5-10,13-14,21H,4,11-12,15H2. The fourth-order valence-corrected chi connectivity index (χ4v) is 4.16. The van der Waals surface area contributed by atoms with E-state index in [1.54, 1.807) is 12.1 Å². The van der Waals surface area contributed by atoms with Crippen LogP contribution < -0.4 is 0 Å². The molecule has 31 heavy (non-hydrogen) atoms. The molecule has 0 radical (unpaired) electrons. The summed E-state index contributed by atoms with van der Waals surface area (Å²) >= 11 is 0. The molecule has 0 fully saturated rings. The van der Waals surface area contributed by atoms with Crippen molar-refractivity contribution in [3.8, 4) is 0 Å². The molecule has 8 heteroatoms. The van der Waals surface area contributed by atoms with Crippen molar-refractivity contribution in [2.75, 3.05) is 6.54 Å². The molecule has 1 aromatic heterocycles. The van der Waals surface area contributed by atoms with Gasteiger partial charge in [-0.15, -0.1) is 0 Å². The van der Waals surface area contributed by atoms with Crippen molar-refractivity contribution in [2.45, 2.75) is 37.9 Å². The van der Waals surface area contributed by atoms with Crippen molar-refractivity contribution in [3.63, 3.8) is 0 Å². The second-order valence-corrected chi connectivity index (χ2v) is 7.67. The van der Waals surface area contributed by atoms with Crippen molar-refractivity contribution in [3.05, 3.63) is 94.8 Å². The monoisotopic (exact) mass is 438 g/mol. The van der Waals surface area contributed by atoms with Crippen LogP contribution in [-0.2, 0) is 25.4 Å². The van der Waals surface area contributed by atoms with E-state index in [-0.39, 0.29) is 6.54 Å². The van der Waals surface area contributed by atoms with E-state index in [0.29, 0.717) is 24.2 Å². The topological polar surface area (TPSA) is 8.17 Å². The number of alkyl halides is 6. The first-order valence-electron chi connectivity index (χ1n) is 9.85. The first-order chi connectivity index (χ1) is 14.6. The van der Waals surface area contributed by atoms with Crippen LogP contribution in [0.3, 0.4) is 0 Å². The van der Waals surface area contributed by atoms with Gasteiger partial charge in [0.15, 0.2) is 0 Å². The summed E-state index contributed by atoms with van der Waals surface area (Å²) in [7, 11) is 0. The predicted molar refractivity (Wildman–Crippen MR) is 104 cm³/mol. The third-order valence-corrected chi connectivity index (χ3v) is 5.52. The summed E-state index contributed by atoms with van der Waals surface area (Å²) in [5, 5.41) is 0. The molecule has 0 aliphatic carbocycles. The van der Waals surface area contributed by atoms with Gasteiger partial charge >= 0.3 is 12.4 Å². The molecule has 0 N–H and O–H groups in total. The Kier molecular flexibility index (Phi) is 5.60. The van der Waals surface area contributed by atoms with Gasteiger partial charge in [0.2, 0.25) is 0 Å². The minimum atomic E-state index is -4.48. The molecule has 2 nitrogen and oxygen atoms in total. The second-order valence-electron chi connectivity index (χ2n) is 7.67. The molecule has 0 spiro atoms. The first kappa shape index (κ1) is 21.5. The number of aryl methyl sites for hydroxylation is 1. The van der Waals surface area contributed by atoms with Crippen LogP contribution >= 0.6 is 0 Å². The van der Waals surface area contributed by atoms with E-state index in [4.69, 9.17) is 0 Å². The lowest BCUT2D eigenvalue weighted by atomic mass is 9.98. The molecule has 1 aliphatic rings. The predicted octanol–water partition coefficient (Wildman–Crippen LogP) is 6.52. The Labute approximate surface area is 175 Å². The smallest absolute Gasteiger partial charge is 0.350 e. The molecule has 164 valence electrons. The van der Waals surface area contributed by atoms with Gasteiger partial charge < -0.3 is 4.57 Å². The van der Waals surface area contributed by atoms with E-state index < -0.39 is 29.5 Å². The quantitative estimate of drug-likeness (QED) is 0.423. The van der Waals surface area contributed by atoms with Crippen molar-refractivity contribution in [1.29, 1.82) is 0 Å². The highest BCUT2D eigenvalue weighted by molar-refractivity contribution is 5.35. The molecule has 0 saturated carbocycles. The fourth-order valence-electron chi connectivity index (χ4n) is 4.16. The maximum absolute atomic E-state index is 13.3. The van der Waals surface area contributed by atoms with Gasteiger partial charge in [0.1, 0.15) is 0 Å². The lowest BCUT2D eigenvalue weighted by Gasteiger charge is -2.31. The van der Waals surface area contributed by atoms with Crippen molar-refractivity contribution in [1.82, 2.24) is 9.47 Å². The largest absolute Gasteiger partial charge is 0.416 e. The van der Waals surface area contributed by atoms with Crippen molar-refractivity contribution in [2.24, 2.45) is 0 Å². The summed E-state index contributed by atoms with van der Waals surface area (Å²) < 4.78 is 81.4. The van der Waals surface area contributed by atoms with Crippen LogP contribution in [0.1, 0.15) is 40.4 Å². The normalized spacial score (nSPS) is 17.9. The highest BCUT2D eigenvalue weighted by Gasteiger charge is 2.34. The van der Waals surface area contributed by atoms with Gasteiger partial charge in [-0.05, 0) is 47.9 Å². The number of benzene rings is 2. The minimum Gasteiger partial charge on any atom is -0.350 e. The summed E-state index contributed by atoms with van der Waals surface area (Å²) in [5.41, 5.74) is 0.268. The zero-order valence-electron chi connectivity index (χ0n) is 16.4. The number of hydrogen-bond acceptors (Lipinski definition) is 1. The lowest BCUT2D eigenvalue weighted by molar-refractivity contribution is -0.138. The average Bonchev–Trinajstić information content (AvgIpc) is 3.08. The molecule has 1 unspecified atom stereocenters. The summed E-state index contributed by atoms with van der Waals surface area (Å²) in [5.74, 6) is 0. The molecule has 4 rings (SSSR count). The SMILES string of the molecule is FC(F)(F)c1cccc(CN2CCCn3cccc3C2c2cccc(C(F)(F)F)c2)c1. The minimum absolute atomic E-state index is 0.190. The molecular formula is C23H20F6N2. The molecule has 2 aromatic carbocycles. The van der Waals surface area contributed by atoms with E-state index in [1.165, 1.54) is 12.1 Å². The molecule has 1 atom stereocenters. The third-order valence-electron chi connectivity index (χ3n) is 5.52. The van der Waals surface area contributed by atoms with Gasteiger partial charge in [-0.1, -0.05) is 30.3 Å². The molecule has 0 amide bonds. The van der Waals surface area contributed by atoms with E-state index in [9.17, 15) is 26.3 Å². The summed E-state index contributed by atoms with van der Waals surface area (Å²) in [4.78, 5) is 1.95. The molecular weight excluding hydrogens is 418 g/mol. The van der Waals surface area contributed by atoms with Gasteiger partial charge in [0, 0.05) is 31.5 Å². The van der Waals surface area contributed by atoms with Gasteiger partial charge in [-0.3, -0.25) is 4.90 Å². The van der Waals surface area contributed by atoms with Crippen LogP contribution in [0.25, 0.3) is 0 Å². The summed E-state index contributed by atoms with van der Waals surface area (Å²) in [6.45, 7) is 1.42. The Morgan fingerprint density at radius 1 is 0.774 bits per heavy atom. The average molecular weight is 438 g/mol. The zero-order chi connectivity index (χ0) is 22.2. The molecule has 0 saturated heterocycles. The number of rotatable bonds is 3. The maximum Gasteiger partial charge on any atom is 0.416 e. The zero-order valence-corrected chi connectivity index (χ0v) is 16.4. The van der Waals surface area contributed by atoms with E-state index in [1.807, 2.05) is 27.8 Å². The van der Waals surface area contributed by atoms with Crippen molar-refractivity contribution < 1.29 is 26.3 Å². The first-order valence-corrected chi connectivity index (χ1v) is 9.85. The summed E-state index contributed by atoms with van der Waals surface area (Å²) in [6, 6.07) is 13.5. The summed E-state index contributed by atoms with van der Waals surface area (Å²) in [6.07, 6.45) is -6.32. The Morgan fingerprint density at radius 3 is 2.16 bits per heavy atom. The number of fused-ring (bicyclic) bond motifs is 1. The van der Waals surface area contributed by atoms with Crippen LogP contribution in [0.5, 0.6) is 0 Å². The van der Waals surface area contributed by atoms with Gasteiger partial charge in [-0.25, -0.2) is 0 Å². The van der Waals surface area contributed by atoms with Crippen LogP contribution in [-0.4, -0.2) is 16.0 Å². The molecule has 2 heterocycles. The second kappa shape index (κ2) is 8.07. The van der Waals surface area contributed by atoms with Gasteiger partial charge in [0.25, 0.3) is 0 Å².